The highest BCUT2D eigenvalue weighted by Gasteiger charge is 2.48. The molecule has 3 amide bonds. The minimum atomic E-state index is -1.00. The smallest absolute Gasteiger partial charge is 0.325 e. The van der Waals surface area contributed by atoms with Gasteiger partial charge < -0.3 is 10.1 Å². The molecule has 0 saturated carbocycles. The number of imide groups is 1. The molecule has 5 heteroatoms. The number of hydrogen-bond acceptors (Lipinski definition) is 3. The van der Waals surface area contributed by atoms with Gasteiger partial charge in [-0.3, -0.25) is 9.69 Å². The van der Waals surface area contributed by atoms with E-state index in [1.807, 2.05) is 43.3 Å². The molecule has 0 spiro atoms. The van der Waals surface area contributed by atoms with Crippen LogP contribution in [0.3, 0.4) is 0 Å². The molecular weight excluding hydrogens is 328 g/mol. The molecule has 1 atom stereocenters. The second kappa shape index (κ2) is 6.16. The standard InChI is InChI=1S/C21H22N2O3/c1-14-3-6-17(7-4-14)21(2)19(24)23(20(25)22-21)11-9-15-5-8-18-16(13-15)10-12-26-18/h3-8,13H,9-12H2,1-2H3,(H,22,25)/t21-/m1/s1. The lowest BCUT2D eigenvalue weighted by Crippen LogP contribution is -2.41. The molecular formula is C21H22N2O3. The van der Waals surface area contributed by atoms with E-state index in [1.54, 1.807) is 6.92 Å². The van der Waals surface area contributed by atoms with Crippen molar-refractivity contribution < 1.29 is 14.3 Å². The van der Waals surface area contributed by atoms with Crippen molar-refractivity contribution in [1.82, 2.24) is 10.2 Å². The number of urea groups is 1. The van der Waals surface area contributed by atoms with Crippen LogP contribution in [0.25, 0.3) is 0 Å². The quantitative estimate of drug-likeness (QED) is 0.863. The molecule has 0 radical (unpaired) electrons. The molecule has 0 bridgehead atoms. The first kappa shape index (κ1) is 16.6. The van der Waals surface area contributed by atoms with E-state index in [-0.39, 0.29) is 11.9 Å². The molecule has 2 heterocycles. The van der Waals surface area contributed by atoms with Gasteiger partial charge in [0.2, 0.25) is 0 Å². The first-order chi connectivity index (χ1) is 12.5. The van der Waals surface area contributed by atoms with Gasteiger partial charge in [0.1, 0.15) is 11.3 Å². The molecule has 2 aliphatic rings. The number of carbonyl (C=O) groups is 2. The number of ether oxygens (including phenoxy) is 1. The van der Waals surface area contributed by atoms with E-state index in [1.165, 1.54) is 10.5 Å². The summed E-state index contributed by atoms with van der Waals surface area (Å²) in [5.41, 5.74) is 3.23. The third kappa shape index (κ3) is 2.73. The van der Waals surface area contributed by atoms with Gasteiger partial charge in [-0.25, -0.2) is 4.79 Å². The number of fused-ring (bicyclic) bond motifs is 1. The number of amides is 3. The number of hydrogen-bond donors (Lipinski definition) is 1. The predicted molar refractivity (Wildman–Crippen MR) is 98.1 cm³/mol. The van der Waals surface area contributed by atoms with E-state index in [0.717, 1.165) is 35.5 Å². The minimum Gasteiger partial charge on any atom is -0.493 e. The fourth-order valence-corrected chi connectivity index (χ4v) is 3.62. The van der Waals surface area contributed by atoms with E-state index in [4.69, 9.17) is 4.74 Å². The van der Waals surface area contributed by atoms with Gasteiger partial charge in [0.05, 0.1) is 6.61 Å². The van der Waals surface area contributed by atoms with Crippen molar-refractivity contribution in [2.24, 2.45) is 0 Å². The van der Waals surface area contributed by atoms with Crippen LogP contribution in [0.2, 0.25) is 0 Å². The molecule has 4 rings (SSSR count). The van der Waals surface area contributed by atoms with Crippen LogP contribution in [0.5, 0.6) is 5.75 Å². The predicted octanol–water partition coefficient (Wildman–Crippen LogP) is 2.94. The largest absolute Gasteiger partial charge is 0.493 e. The van der Waals surface area contributed by atoms with Gasteiger partial charge in [0.15, 0.2) is 0 Å². The normalized spacial score (nSPS) is 21.5. The van der Waals surface area contributed by atoms with Gasteiger partial charge >= 0.3 is 6.03 Å². The van der Waals surface area contributed by atoms with Crippen LogP contribution >= 0.6 is 0 Å². The highest BCUT2D eigenvalue weighted by Crippen LogP contribution is 2.30. The van der Waals surface area contributed by atoms with E-state index in [0.29, 0.717) is 13.0 Å². The van der Waals surface area contributed by atoms with Crippen molar-refractivity contribution in [2.75, 3.05) is 13.2 Å². The summed E-state index contributed by atoms with van der Waals surface area (Å²) in [7, 11) is 0. The Hall–Kier alpha value is -2.82. The number of nitrogens with zero attached hydrogens (tertiary/aromatic N) is 1. The van der Waals surface area contributed by atoms with Crippen LogP contribution in [-0.2, 0) is 23.2 Å². The molecule has 2 aliphatic heterocycles. The van der Waals surface area contributed by atoms with Crippen LogP contribution in [0.15, 0.2) is 42.5 Å². The Balaban J connectivity index is 1.50. The molecule has 26 heavy (non-hydrogen) atoms. The molecule has 2 aromatic rings. The summed E-state index contributed by atoms with van der Waals surface area (Å²) < 4.78 is 5.52. The summed E-state index contributed by atoms with van der Waals surface area (Å²) in [6, 6.07) is 13.5. The summed E-state index contributed by atoms with van der Waals surface area (Å²) in [5, 5.41) is 2.86. The zero-order valence-electron chi connectivity index (χ0n) is 15.0. The third-order valence-electron chi connectivity index (χ3n) is 5.28. The van der Waals surface area contributed by atoms with Crippen LogP contribution in [0, 0.1) is 6.92 Å². The molecule has 2 aromatic carbocycles. The molecule has 0 aliphatic carbocycles. The maximum atomic E-state index is 13.0. The van der Waals surface area contributed by atoms with Gasteiger partial charge in [0, 0.05) is 13.0 Å². The molecule has 1 fully saturated rings. The number of benzene rings is 2. The van der Waals surface area contributed by atoms with Crippen LogP contribution in [-0.4, -0.2) is 30.0 Å². The lowest BCUT2D eigenvalue weighted by Gasteiger charge is -2.22. The fourth-order valence-electron chi connectivity index (χ4n) is 3.62. The maximum Gasteiger partial charge on any atom is 0.325 e. The van der Waals surface area contributed by atoms with Crippen molar-refractivity contribution in [3.63, 3.8) is 0 Å². The van der Waals surface area contributed by atoms with Crippen LogP contribution in [0.1, 0.15) is 29.2 Å². The molecule has 0 unspecified atom stereocenters. The lowest BCUT2D eigenvalue weighted by molar-refractivity contribution is -0.131. The van der Waals surface area contributed by atoms with Gasteiger partial charge in [-0.2, -0.15) is 0 Å². The highest BCUT2D eigenvalue weighted by molar-refractivity contribution is 6.07. The molecule has 0 aromatic heterocycles. The first-order valence-electron chi connectivity index (χ1n) is 8.93. The van der Waals surface area contributed by atoms with Gasteiger partial charge in [-0.05, 0) is 43.0 Å². The van der Waals surface area contributed by atoms with Gasteiger partial charge in [-0.1, -0.05) is 42.0 Å². The number of carbonyl (C=O) groups excluding carboxylic acids is 2. The second-order valence-corrected chi connectivity index (χ2v) is 7.17. The average Bonchev–Trinajstić information content (AvgIpc) is 3.17. The maximum absolute atomic E-state index is 13.0. The second-order valence-electron chi connectivity index (χ2n) is 7.17. The number of rotatable bonds is 4. The zero-order chi connectivity index (χ0) is 18.3. The summed E-state index contributed by atoms with van der Waals surface area (Å²) >= 11 is 0. The Kier molecular flexibility index (Phi) is 3.94. The fraction of sp³-hybridized carbons (Fsp3) is 0.333. The van der Waals surface area contributed by atoms with Crippen molar-refractivity contribution in [3.8, 4) is 5.75 Å². The summed E-state index contributed by atoms with van der Waals surface area (Å²) in [6.07, 6.45) is 1.55. The Morgan fingerprint density at radius 2 is 1.92 bits per heavy atom. The number of nitrogens with one attached hydrogen (secondary N) is 1. The van der Waals surface area contributed by atoms with Gasteiger partial charge in [-0.15, -0.1) is 0 Å². The molecule has 5 nitrogen and oxygen atoms in total. The summed E-state index contributed by atoms with van der Waals surface area (Å²) in [5.74, 6) is 0.742. The summed E-state index contributed by atoms with van der Waals surface area (Å²) in [4.78, 5) is 26.7. The highest BCUT2D eigenvalue weighted by atomic mass is 16.5. The number of aryl methyl sites for hydroxylation is 1. The molecule has 1 saturated heterocycles. The topological polar surface area (TPSA) is 58.6 Å². The Morgan fingerprint density at radius 1 is 1.15 bits per heavy atom. The van der Waals surface area contributed by atoms with Crippen molar-refractivity contribution in [1.29, 1.82) is 0 Å². The lowest BCUT2D eigenvalue weighted by atomic mass is 9.91. The monoisotopic (exact) mass is 350 g/mol. The first-order valence-corrected chi connectivity index (χ1v) is 8.93. The van der Waals surface area contributed by atoms with E-state index >= 15 is 0 Å². The van der Waals surface area contributed by atoms with Crippen LogP contribution < -0.4 is 10.1 Å². The molecule has 1 N–H and O–H groups in total. The van der Waals surface area contributed by atoms with Gasteiger partial charge in [0.25, 0.3) is 5.91 Å². The zero-order valence-corrected chi connectivity index (χ0v) is 15.0. The van der Waals surface area contributed by atoms with Crippen molar-refractivity contribution >= 4 is 11.9 Å². The SMILES string of the molecule is Cc1ccc([C@@]2(C)NC(=O)N(CCc3ccc4c(c3)CCO4)C2=O)cc1. The van der Waals surface area contributed by atoms with Crippen molar-refractivity contribution in [2.45, 2.75) is 32.2 Å². The Morgan fingerprint density at radius 3 is 2.69 bits per heavy atom. The van der Waals surface area contributed by atoms with E-state index in [9.17, 15) is 9.59 Å². The molecule has 134 valence electrons. The minimum absolute atomic E-state index is 0.198. The average molecular weight is 350 g/mol. The Labute approximate surface area is 153 Å². The summed E-state index contributed by atoms with van der Waals surface area (Å²) in [6.45, 7) is 4.85. The third-order valence-corrected chi connectivity index (χ3v) is 5.28. The van der Waals surface area contributed by atoms with Crippen LogP contribution in [0.4, 0.5) is 4.79 Å². The van der Waals surface area contributed by atoms with Crippen molar-refractivity contribution in [3.05, 3.63) is 64.7 Å². The Bertz CT molecular complexity index is 875. The van der Waals surface area contributed by atoms with E-state index in [2.05, 4.69) is 11.4 Å². The van der Waals surface area contributed by atoms with E-state index < -0.39 is 5.54 Å².